The molecule has 0 aliphatic rings. The zero-order chi connectivity index (χ0) is 12.7. The van der Waals surface area contributed by atoms with Crippen molar-refractivity contribution >= 4 is 15.9 Å². The highest BCUT2D eigenvalue weighted by atomic mass is 79.9. The number of aromatic nitrogens is 1. The average molecular weight is 301 g/mol. The normalized spacial score (nSPS) is 13.0. The second-order valence-electron chi connectivity index (χ2n) is 4.23. The Morgan fingerprint density at radius 1 is 1.47 bits per heavy atom. The summed E-state index contributed by atoms with van der Waals surface area (Å²) >= 11 is 3.45. The van der Waals surface area contributed by atoms with Crippen LogP contribution in [0, 0.1) is 0 Å². The van der Waals surface area contributed by atoms with E-state index in [1.165, 1.54) is 5.56 Å². The van der Waals surface area contributed by atoms with Crippen molar-refractivity contribution in [2.45, 2.75) is 32.9 Å². The predicted octanol–water partition coefficient (Wildman–Crippen LogP) is 3.09. The molecular weight excluding hydrogens is 280 g/mol. The number of halogens is 1. The van der Waals surface area contributed by atoms with Crippen LogP contribution in [-0.4, -0.2) is 36.2 Å². The van der Waals surface area contributed by atoms with Gasteiger partial charge in [0.05, 0.1) is 6.61 Å². The van der Waals surface area contributed by atoms with Gasteiger partial charge in [-0.3, -0.25) is 9.88 Å². The maximum absolute atomic E-state index is 5.16. The quantitative estimate of drug-likeness (QED) is 0.774. The van der Waals surface area contributed by atoms with Crippen LogP contribution in [0.5, 0.6) is 0 Å². The Labute approximate surface area is 112 Å². The van der Waals surface area contributed by atoms with E-state index >= 15 is 0 Å². The molecule has 0 bridgehead atoms. The number of nitrogens with zero attached hydrogens (tertiary/aromatic N) is 2. The van der Waals surface area contributed by atoms with Crippen molar-refractivity contribution in [3.05, 3.63) is 28.5 Å². The van der Waals surface area contributed by atoms with E-state index in [4.69, 9.17) is 4.74 Å². The Bertz CT molecular complexity index is 333. The fraction of sp³-hybridized carbons (Fsp3) is 0.615. The molecule has 1 rings (SSSR count). The highest BCUT2D eigenvalue weighted by Crippen LogP contribution is 2.14. The molecule has 0 saturated heterocycles. The van der Waals surface area contributed by atoms with Crippen molar-refractivity contribution in [2.75, 3.05) is 20.3 Å². The summed E-state index contributed by atoms with van der Waals surface area (Å²) < 4.78 is 6.20. The lowest BCUT2D eigenvalue weighted by Gasteiger charge is -2.28. The van der Waals surface area contributed by atoms with E-state index in [2.05, 4.69) is 45.7 Å². The highest BCUT2D eigenvalue weighted by molar-refractivity contribution is 9.10. The van der Waals surface area contributed by atoms with E-state index in [-0.39, 0.29) is 0 Å². The smallest absolute Gasteiger partial charge is 0.0589 e. The monoisotopic (exact) mass is 300 g/mol. The van der Waals surface area contributed by atoms with Crippen LogP contribution < -0.4 is 0 Å². The van der Waals surface area contributed by atoms with Gasteiger partial charge in [-0.2, -0.15) is 0 Å². The van der Waals surface area contributed by atoms with Gasteiger partial charge in [-0.15, -0.1) is 0 Å². The zero-order valence-corrected chi connectivity index (χ0v) is 12.4. The summed E-state index contributed by atoms with van der Waals surface area (Å²) in [4.78, 5) is 6.62. The molecule has 0 amide bonds. The average Bonchev–Trinajstić information content (AvgIpc) is 2.33. The fourth-order valence-corrected chi connectivity index (χ4v) is 2.11. The number of pyridine rings is 1. The predicted molar refractivity (Wildman–Crippen MR) is 74.0 cm³/mol. The van der Waals surface area contributed by atoms with Crippen LogP contribution in [0.2, 0.25) is 0 Å². The van der Waals surface area contributed by atoms with Gasteiger partial charge in [0.15, 0.2) is 0 Å². The van der Waals surface area contributed by atoms with E-state index in [1.54, 1.807) is 7.11 Å². The van der Waals surface area contributed by atoms with Crippen LogP contribution in [-0.2, 0) is 11.3 Å². The summed E-state index contributed by atoms with van der Waals surface area (Å²) in [5.41, 5.74) is 1.23. The molecule has 96 valence electrons. The molecule has 1 aromatic heterocycles. The van der Waals surface area contributed by atoms with Gasteiger partial charge in [-0.05, 0) is 40.9 Å². The summed E-state index contributed by atoms with van der Waals surface area (Å²) in [7, 11) is 1.75. The minimum atomic E-state index is 0.559. The molecule has 0 radical (unpaired) electrons. The number of ether oxygens (including phenoxy) is 1. The molecule has 0 N–H and O–H groups in total. The van der Waals surface area contributed by atoms with E-state index in [9.17, 15) is 0 Å². The van der Waals surface area contributed by atoms with Crippen LogP contribution >= 0.6 is 15.9 Å². The van der Waals surface area contributed by atoms with Crippen LogP contribution in [0.4, 0.5) is 0 Å². The Balaban J connectivity index is 2.64. The lowest BCUT2D eigenvalue weighted by molar-refractivity contribution is 0.118. The first-order valence-electron chi connectivity index (χ1n) is 5.99. The maximum Gasteiger partial charge on any atom is 0.0589 e. The standard InChI is InChI=1S/C13H21BrN2O/c1-4-11(2)16(5-6-17-3)10-12-7-13(14)9-15-8-12/h7-9,11H,4-6,10H2,1-3H3. The van der Waals surface area contributed by atoms with Crippen LogP contribution in [0.1, 0.15) is 25.8 Å². The van der Waals surface area contributed by atoms with Gasteiger partial charge in [-0.25, -0.2) is 0 Å². The van der Waals surface area contributed by atoms with Crippen molar-refractivity contribution in [2.24, 2.45) is 0 Å². The van der Waals surface area contributed by atoms with Gasteiger partial charge in [0.25, 0.3) is 0 Å². The maximum atomic E-state index is 5.16. The zero-order valence-electron chi connectivity index (χ0n) is 10.8. The first kappa shape index (κ1) is 14.6. The molecule has 4 heteroatoms. The van der Waals surface area contributed by atoms with Gasteiger partial charge in [-0.1, -0.05) is 6.92 Å². The van der Waals surface area contributed by atoms with Gasteiger partial charge < -0.3 is 4.74 Å². The van der Waals surface area contributed by atoms with Gasteiger partial charge in [0, 0.05) is 43.1 Å². The molecule has 0 fully saturated rings. The van der Waals surface area contributed by atoms with E-state index in [0.717, 1.165) is 30.6 Å². The van der Waals surface area contributed by atoms with Crippen molar-refractivity contribution in [3.63, 3.8) is 0 Å². The number of methoxy groups -OCH3 is 1. The Morgan fingerprint density at radius 2 is 2.24 bits per heavy atom. The second-order valence-corrected chi connectivity index (χ2v) is 5.15. The number of hydrogen-bond acceptors (Lipinski definition) is 3. The van der Waals surface area contributed by atoms with Crippen molar-refractivity contribution < 1.29 is 4.74 Å². The lowest BCUT2D eigenvalue weighted by atomic mass is 10.2. The molecule has 0 aromatic carbocycles. The number of rotatable bonds is 7. The molecule has 1 unspecified atom stereocenters. The largest absolute Gasteiger partial charge is 0.383 e. The Morgan fingerprint density at radius 3 is 2.82 bits per heavy atom. The summed E-state index contributed by atoms with van der Waals surface area (Å²) in [6.45, 7) is 7.11. The Hall–Kier alpha value is -0.450. The van der Waals surface area contributed by atoms with Crippen molar-refractivity contribution in [1.82, 2.24) is 9.88 Å². The van der Waals surface area contributed by atoms with Crippen LogP contribution in [0.3, 0.4) is 0 Å². The highest BCUT2D eigenvalue weighted by Gasteiger charge is 2.12. The van der Waals surface area contributed by atoms with Gasteiger partial charge in [0.2, 0.25) is 0 Å². The third-order valence-corrected chi connectivity index (χ3v) is 3.38. The Kier molecular flexibility index (Phi) is 6.70. The first-order chi connectivity index (χ1) is 8.17. The number of hydrogen-bond donors (Lipinski definition) is 0. The molecule has 0 aliphatic heterocycles. The third kappa shape index (κ3) is 5.15. The molecule has 1 aromatic rings. The molecule has 0 saturated carbocycles. The summed E-state index contributed by atoms with van der Waals surface area (Å²) in [6, 6.07) is 2.68. The fourth-order valence-electron chi connectivity index (χ4n) is 1.70. The molecule has 0 spiro atoms. The van der Waals surface area contributed by atoms with Crippen molar-refractivity contribution in [1.29, 1.82) is 0 Å². The van der Waals surface area contributed by atoms with Gasteiger partial charge >= 0.3 is 0 Å². The second kappa shape index (κ2) is 7.80. The van der Waals surface area contributed by atoms with E-state index in [1.807, 2.05) is 12.4 Å². The molecule has 17 heavy (non-hydrogen) atoms. The molecule has 3 nitrogen and oxygen atoms in total. The third-order valence-electron chi connectivity index (χ3n) is 2.94. The van der Waals surface area contributed by atoms with E-state index < -0.39 is 0 Å². The molecule has 1 heterocycles. The summed E-state index contributed by atoms with van der Waals surface area (Å²) in [5.74, 6) is 0. The minimum Gasteiger partial charge on any atom is -0.383 e. The van der Waals surface area contributed by atoms with Crippen molar-refractivity contribution in [3.8, 4) is 0 Å². The summed E-state index contributed by atoms with van der Waals surface area (Å²) in [5, 5.41) is 0. The van der Waals surface area contributed by atoms with Crippen LogP contribution in [0.25, 0.3) is 0 Å². The topological polar surface area (TPSA) is 25.4 Å². The molecule has 1 atom stereocenters. The minimum absolute atomic E-state index is 0.559. The van der Waals surface area contributed by atoms with Crippen LogP contribution in [0.15, 0.2) is 22.9 Å². The first-order valence-corrected chi connectivity index (χ1v) is 6.79. The molecular formula is C13H21BrN2O. The summed E-state index contributed by atoms with van der Waals surface area (Å²) in [6.07, 6.45) is 4.88. The van der Waals surface area contributed by atoms with Gasteiger partial charge in [0.1, 0.15) is 0 Å². The molecule has 0 aliphatic carbocycles. The van der Waals surface area contributed by atoms with E-state index in [0.29, 0.717) is 6.04 Å². The SMILES string of the molecule is CCC(C)N(CCOC)Cc1cncc(Br)c1. The lowest BCUT2D eigenvalue weighted by Crippen LogP contribution is -2.34.